The van der Waals surface area contributed by atoms with E-state index in [1.807, 2.05) is 19.2 Å². The molecule has 0 unspecified atom stereocenters. The summed E-state index contributed by atoms with van der Waals surface area (Å²) >= 11 is 1.38. The summed E-state index contributed by atoms with van der Waals surface area (Å²) in [4.78, 5) is 29.2. The Morgan fingerprint density at radius 1 is 1.24 bits per heavy atom. The van der Waals surface area contributed by atoms with Crippen molar-refractivity contribution in [3.63, 3.8) is 0 Å². The zero-order valence-electron chi connectivity index (χ0n) is 14.1. The lowest BCUT2D eigenvalue weighted by Gasteiger charge is -2.07. The van der Waals surface area contributed by atoms with E-state index in [9.17, 15) is 9.59 Å². The first-order chi connectivity index (χ1) is 12.0. The molecule has 0 radical (unpaired) electrons. The Morgan fingerprint density at radius 2 is 2.00 bits per heavy atom. The third-order valence-electron chi connectivity index (χ3n) is 4.36. The largest absolute Gasteiger partial charge is 0.364 e. The molecule has 1 saturated carbocycles. The predicted molar refractivity (Wildman–Crippen MR) is 91.7 cm³/mol. The standard InChI is InChI=1S/C15H17N7O2S/c1-8-9(2)17-20(3)14(23)12(8)13-16-10(7-25-13)6-21-15(24)22(19-18-21)11-4-5-11/h7,11H,4-6H2,1-3H3. The molecule has 0 spiro atoms. The molecular formula is C15H17N7O2S. The van der Waals surface area contributed by atoms with Crippen LogP contribution in [0, 0.1) is 13.8 Å². The Morgan fingerprint density at radius 3 is 2.72 bits per heavy atom. The van der Waals surface area contributed by atoms with Crippen molar-refractivity contribution < 1.29 is 0 Å². The lowest BCUT2D eigenvalue weighted by atomic mass is 10.1. The topological polar surface area (TPSA) is 100 Å². The molecular weight excluding hydrogens is 342 g/mol. The van der Waals surface area contributed by atoms with Gasteiger partial charge < -0.3 is 0 Å². The number of aromatic nitrogens is 7. The highest BCUT2D eigenvalue weighted by Gasteiger charge is 2.28. The maximum absolute atomic E-state index is 12.4. The molecule has 3 heterocycles. The SMILES string of the molecule is Cc1nn(C)c(=O)c(-c2nc(Cn3nnn(C4CC4)c3=O)cs2)c1C. The van der Waals surface area contributed by atoms with Gasteiger partial charge in [-0.05, 0) is 42.7 Å². The fourth-order valence-corrected chi connectivity index (χ4v) is 3.59. The minimum absolute atomic E-state index is 0.180. The van der Waals surface area contributed by atoms with Crippen LogP contribution >= 0.6 is 11.3 Å². The van der Waals surface area contributed by atoms with Gasteiger partial charge in [0.15, 0.2) is 0 Å². The molecule has 1 aliphatic carbocycles. The monoisotopic (exact) mass is 359 g/mol. The van der Waals surface area contributed by atoms with E-state index in [2.05, 4.69) is 20.5 Å². The number of hydrogen-bond acceptors (Lipinski definition) is 7. The summed E-state index contributed by atoms with van der Waals surface area (Å²) in [7, 11) is 1.63. The van der Waals surface area contributed by atoms with Crippen LogP contribution in [-0.4, -0.2) is 34.6 Å². The summed E-state index contributed by atoms with van der Waals surface area (Å²) in [5.74, 6) is 0. The predicted octanol–water partition coefficient (Wildman–Crippen LogP) is 0.657. The van der Waals surface area contributed by atoms with Crippen LogP contribution in [0.1, 0.15) is 35.8 Å². The van der Waals surface area contributed by atoms with E-state index in [1.54, 1.807) is 7.05 Å². The van der Waals surface area contributed by atoms with Crippen molar-refractivity contribution >= 4 is 11.3 Å². The van der Waals surface area contributed by atoms with Crippen LogP contribution in [0.25, 0.3) is 10.6 Å². The van der Waals surface area contributed by atoms with Crippen LogP contribution in [0.15, 0.2) is 15.0 Å². The van der Waals surface area contributed by atoms with Crippen LogP contribution in [-0.2, 0) is 13.6 Å². The second-order valence-corrected chi connectivity index (χ2v) is 7.11. The minimum atomic E-state index is -0.219. The number of nitrogens with zero attached hydrogens (tertiary/aromatic N) is 7. The Kier molecular flexibility index (Phi) is 3.64. The van der Waals surface area contributed by atoms with E-state index in [-0.39, 0.29) is 23.8 Å². The number of aryl methyl sites for hydroxylation is 2. The van der Waals surface area contributed by atoms with Gasteiger partial charge >= 0.3 is 5.69 Å². The fraction of sp³-hybridized carbons (Fsp3) is 0.467. The third-order valence-corrected chi connectivity index (χ3v) is 5.27. The quantitative estimate of drug-likeness (QED) is 0.678. The number of rotatable bonds is 4. The van der Waals surface area contributed by atoms with Gasteiger partial charge in [0.2, 0.25) is 0 Å². The van der Waals surface area contributed by atoms with Crippen molar-refractivity contribution in [1.29, 1.82) is 0 Å². The lowest BCUT2D eigenvalue weighted by Crippen LogP contribution is -2.25. The highest BCUT2D eigenvalue weighted by molar-refractivity contribution is 7.13. The summed E-state index contributed by atoms with van der Waals surface area (Å²) in [6.45, 7) is 3.97. The molecule has 1 fully saturated rings. The van der Waals surface area contributed by atoms with Crippen LogP contribution in [0.5, 0.6) is 0 Å². The maximum Gasteiger partial charge on any atom is 0.364 e. The van der Waals surface area contributed by atoms with Gasteiger partial charge in [0.05, 0.1) is 29.5 Å². The van der Waals surface area contributed by atoms with Crippen LogP contribution < -0.4 is 11.2 Å². The second-order valence-electron chi connectivity index (χ2n) is 6.25. The zero-order chi connectivity index (χ0) is 17.7. The van der Waals surface area contributed by atoms with Gasteiger partial charge in [-0.25, -0.2) is 14.5 Å². The van der Waals surface area contributed by atoms with Gasteiger partial charge in [0, 0.05) is 12.4 Å². The minimum Gasteiger partial charge on any atom is -0.267 e. The Balaban J connectivity index is 1.68. The van der Waals surface area contributed by atoms with Crippen LogP contribution in [0.3, 0.4) is 0 Å². The van der Waals surface area contributed by atoms with Crippen molar-refractivity contribution in [2.75, 3.05) is 0 Å². The summed E-state index contributed by atoms with van der Waals surface area (Å²) in [5, 5.41) is 14.5. The van der Waals surface area contributed by atoms with Gasteiger partial charge in [-0.15, -0.1) is 11.3 Å². The summed E-state index contributed by atoms with van der Waals surface area (Å²) < 4.78 is 4.06. The first-order valence-corrected chi connectivity index (χ1v) is 8.85. The molecule has 0 amide bonds. The first kappa shape index (κ1) is 15.9. The van der Waals surface area contributed by atoms with E-state index in [1.165, 1.54) is 25.4 Å². The Bertz CT molecular complexity index is 1070. The van der Waals surface area contributed by atoms with E-state index < -0.39 is 0 Å². The average Bonchev–Trinajstić information content (AvgIpc) is 3.21. The van der Waals surface area contributed by atoms with E-state index in [0.717, 1.165) is 24.1 Å². The second kappa shape index (κ2) is 5.73. The van der Waals surface area contributed by atoms with Gasteiger partial charge in [-0.2, -0.15) is 14.5 Å². The molecule has 10 heteroatoms. The molecule has 25 heavy (non-hydrogen) atoms. The summed E-state index contributed by atoms with van der Waals surface area (Å²) in [6, 6.07) is 0.192. The van der Waals surface area contributed by atoms with E-state index >= 15 is 0 Å². The Labute approximate surface area is 146 Å². The van der Waals surface area contributed by atoms with Crippen molar-refractivity contribution in [3.05, 3.63) is 43.2 Å². The fourth-order valence-electron chi connectivity index (χ4n) is 2.68. The Hall–Kier alpha value is -2.62. The van der Waals surface area contributed by atoms with E-state index in [4.69, 9.17) is 0 Å². The van der Waals surface area contributed by atoms with Gasteiger partial charge in [0.25, 0.3) is 5.56 Å². The molecule has 0 atom stereocenters. The molecule has 3 aromatic rings. The van der Waals surface area contributed by atoms with Crippen molar-refractivity contribution in [3.8, 4) is 10.6 Å². The molecule has 3 aromatic heterocycles. The van der Waals surface area contributed by atoms with Gasteiger partial charge in [-0.3, -0.25) is 4.79 Å². The highest BCUT2D eigenvalue weighted by Crippen LogP contribution is 2.32. The van der Waals surface area contributed by atoms with Crippen molar-refractivity contribution in [1.82, 2.24) is 34.6 Å². The summed E-state index contributed by atoms with van der Waals surface area (Å²) in [6.07, 6.45) is 1.95. The highest BCUT2D eigenvalue weighted by atomic mass is 32.1. The number of hydrogen-bond donors (Lipinski definition) is 0. The molecule has 4 rings (SSSR count). The molecule has 0 bridgehead atoms. The normalized spacial score (nSPS) is 14.2. The maximum atomic E-state index is 12.4. The molecule has 0 saturated heterocycles. The molecule has 0 aliphatic heterocycles. The number of thiazole rings is 1. The molecule has 9 nitrogen and oxygen atoms in total. The molecule has 0 N–H and O–H groups in total. The molecule has 130 valence electrons. The first-order valence-electron chi connectivity index (χ1n) is 7.97. The average molecular weight is 359 g/mol. The van der Waals surface area contributed by atoms with Gasteiger partial charge in [0.1, 0.15) is 5.01 Å². The smallest absolute Gasteiger partial charge is 0.267 e. The van der Waals surface area contributed by atoms with Crippen LogP contribution in [0.2, 0.25) is 0 Å². The van der Waals surface area contributed by atoms with Gasteiger partial charge in [-0.1, -0.05) is 0 Å². The zero-order valence-corrected chi connectivity index (χ0v) is 14.9. The van der Waals surface area contributed by atoms with Crippen molar-refractivity contribution in [2.45, 2.75) is 39.3 Å². The summed E-state index contributed by atoms with van der Waals surface area (Å²) in [5.41, 5.74) is 2.45. The van der Waals surface area contributed by atoms with E-state index in [0.29, 0.717) is 16.3 Å². The third kappa shape index (κ3) is 2.72. The van der Waals surface area contributed by atoms with Crippen LogP contribution in [0.4, 0.5) is 0 Å². The molecule has 0 aromatic carbocycles. The lowest BCUT2D eigenvalue weighted by molar-refractivity contribution is 0.593. The molecule has 1 aliphatic rings. The van der Waals surface area contributed by atoms with Crippen molar-refractivity contribution in [2.24, 2.45) is 7.05 Å². The number of tetrazole rings is 1.